The van der Waals surface area contributed by atoms with E-state index in [0.29, 0.717) is 12.8 Å². The highest BCUT2D eigenvalue weighted by Gasteiger charge is 2.48. The van der Waals surface area contributed by atoms with Crippen LogP contribution < -0.4 is 14.5 Å². The summed E-state index contributed by atoms with van der Waals surface area (Å²) >= 11 is 0. The van der Waals surface area contributed by atoms with Crippen molar-refractivity contribution in [2.24, 2.45) is 0 Å². The third-order valence-corrected chi connectivity index (χ3v) is 6.59. The molecule has 0 radical (unpaired) electrons. The molecule has 2 aliphatic rings. The summed E-state index contributed by atoms with van der Waals surface area (Å²) in [6, 6.07) is 6.83. The molecular formula is C22H20F4N4O3S. The second-order valence-electron chi connectivity index (χ2n) is 8.32. The standard InChI is InChI=1S/C22H20F4N4O3S/c1-34(32,33)28-18-9-8-15(11-17(18)23)30-20-5-3-2-4-19(20)29(21(30)31)14-7-6-13(12-27)16(10-14)22(24,25)26/h6-11,19-20,28H,2-5H2,1H3. The number of hydrogen-bond donors (Lipinski definition) is 1. The zero-order valence-electron chi connectivity index (χ0n) is 17.9. The number of rotatable bonds is 4. The number of fused-ring (bicyclic) bond motifs is 1. The van der Waals surface area contributed by atoms with Crippen LogP contribution in [0.25, 0.3) is 0 Å². The normalized spacial score (nSPS) is 20.8. The Kier molecular flexibility index (Phi) is 5.93. The molecule has 2 amide bonds. The van der Waals surface area contributed by atoms with Crippen molar-refractivity contribution in [3.63, 3.8) is 0 Å². The number of anilines is 3. The molecule has 1 aliphatic heterocycles. The molecule has 2 aromatic carbocycles. The predicted octanol–water partition coefficient (Wildman–Crippen LogP) is 4.85. The topological polar surface area (TPSA) is 93.5 Å². The van der Waals surface area contributed by atoms with Gasteiger partial charge in [0.1, 0.15) is 5.82 Å². The number of sulfonamides is 1. The van der Waals surface area contributed by atoms with Crippen molar-refractivity contribution in [1.29, 1.82) is 5.26 Å². The molecule has 0 spiro atoms. The van der Waals surface area contributed by atoms with Crippen molar-refractivity contribution in [1.82, 2.24) is 0 Å². The first-order valence-corrected chi connectivity index (χ1v) is 12.3. The van der Waals surface area contributed by atoms with E-state index in [2.05, 4.69) is 4.72 Å². The van der Waals surface area contributed by atoms with Gasteiger partial charge in [0, 0.05) is 11.4 Å². The van der Waals surface area contributed by atoms with Gasteiger partial charge in [-0.3, -0.25) is 14.5 Å². The van der Waals surface area contributed by atoms with Crippen LogP contribution in [0.3, 0.4) is 0 Å². The highest BCUT2D eigenvalue weighted by atomic mass is 32.2. The summed E-state index contributed by atoms with van der Waals surface area (Å²) in [5.41, 5.74) is -1.78. The van der Waals surface area contributed by atoms with Crippen molar-refractivity contribution in [3.8, 4) is 6.07 Å². The number of alkyl halides is 3. The van der Waals surface area contributed by atoms with Crippen molar-refractivity contribution in [2.45, 2.75) is 43.9 Å². The summed E-state index contributed by atoms with van der Waals surface area (Å²) in [6.07, 6.45) is -1.23. The smallest absolute Gasteiger partial charge is 0.289 e. The lowest BCUT2D eigenvalue weighted by molar-refractivity contribution is -0.137. The monoisotopic (exact) mass is 496 g/mol. The van der Waals surface area contributed by atoms with Crippen molar-refractivity contribution in [2.75, 3.05) is 20.8 Å². The summed E-state index contributed by atoms with van der Waals surface area (Å²) < 4.78 is 80.1. The van der Waals surface area contributed by atoms with Gasteiger partial charge >= 0.3 is 12.2 Å². The molecule has 34 heavy (non-hydrogen) atoms. The van der Waals surface area contributed by atoms with Gasteiger partial charge in [-0.1, -0.05) is 12.8 Å². The van der Waals surface area contributed by atoms with E-state index in [1.807, 2.05) is 0 Å². The van der Waals surface area contributed by atoms with Crippen LogP contribution in [0.4, 0.5) is 39.4 Å². The van der Waals surface area contributed by atoms with Gasteiger partial charge in [-0.2, -0.15) is 18.4 Å². The fraction of sp³-hybridized carbons (Fsp3) is 0.364. The van der Waals surface area contributed by atoms with Gasteiger partial charge in [-0.25, -0.2) is 17.6 Å². The van der Waals surface area contributed by atoms with E-state index >= 15 is 0 Å². The number of amides is 2. The molecule has 0 aromatic heterocycles. The molecule has 1 N–H and O–H groups in total. The lowest BCUT2D eigenvalue weighted by Crippen LogP contribution is -2.40. The molecule has 4 rings (SSSR count). The largest absolute Gasteiger partial charge is 0.417 e. The first-order valence-electron chi connectivity index (χ1n) is 10.4. The number of nitriles is 1. The maximum atomic E-state index is 14.6. The van der Waals surface area contributed by atoms with E-state index in [-0.39, 0.29) is 17.1 Å². The fourth-order valence-electron chi connectivity index (χ4n) is 4.65. The van der Waals surface area contributed by atoms with Gasteiger partial charge in [0.15, 0.2) is 0 Å². The summed E-state index contributed by atoms with van der Waals surface area (Å²) in [5.74, 6) is -0.890. The summed E-state index contributed by atoms with van der Waals surface area (Å²) in [7, 11) is -3.72. The Bertz CT molecular complexity index is 1290. The first-order chi connectivity index (χ1) is 15.9. The van der Waals surface area contributed by atoms with E-state index in [9.17, 15) is 30.8 Å². The van der Waals surface area contributed by atoms with E-state index in [1.165, 1.54) is 34.1 Å². The number of hydrogen-bond acceptors (Lipinski definition) is 4. The summed E-state index contributed by atoms with van der Waals surface area (Å²) in [4.78, 5) is 16.1. The summed E-state index contributed by atoms with van der Waals surface area (Å²) in [6.45, 7) is 0. The van der Waals surface area contributed by atoms with Gasteiger partial charge in [-0.15, -0.1) is 0 Å². The van der Waals surface area contributed by atoms with E-state index in [4.69, 9.17) is 5.26 Å². The number of benzene rings is 2. The lowest BCUT2D eigenvalue weighted by Gasteiger charge is -2.32. The third-order valence-electron chi connectivity index (χ3n) is 6.00. The minimum atomic E-state index is -4.78. The highest BCUT2D eigenvalue weighted by molar-refractivity contribution is 7.92. The van der Waals surface area contributed by atoms with Crippen LogP contribution in [0.5, 0.6) is 0 Å². The Morgan fingerprint density at radius 3 is 2.09 bits per heavy atom. The molecule has 2 fully saturated rings. The van der Waals surface area contributed by atoms with Gasteiger partial charge in [0.25, 0.3) is 0 Å². The van der Waals surface area contributed by atoms with Crippen LogP contribution >= 0.6 is 0 Å². The molecule has 2 atom stereocenters. The van der Waals surface area contributed by atoms with Crippen LogP contribution in [-0.4, -0.2) is 32.8 Å². The predicted molar refractivity (Wildman–Crippen MR) is 117 cm³/mol. The maximum absolute atomic E-state index is 14.6. The number of carbonyl (C=O) groups is 1. The third kappa shape index (κ3) is 4.40. The van der Waals surface area contributed by atoms with E-state index in [1.54, 1.807) is 0 Å². The van der Waals surface area contributed by atoms with Crippen molar-refractivity contribution < 1.29 is 30.8 Å². The van der Waals surface area contributed by atoms with Gasteiger partial charge in [0.2, 0.25) is 10.0 Å². The highest BCUT2D eigenvalue weighted by Crippen LogP contribution is 2.42. The lowest BCUT2D eigenvalue weighted by atomic mass is 9.89. The zero-order chi connectivity index (χ0) is 24.8. The van der Waals surface area contributed by atoms with Crippen LogP contribution in [0.15, 0.2) is 36.4 Å². The molecule has 12 heteroatoms. The number of nitrogens with one attached hydrogen (secondary N) is 1. The van der Waals surface area contributed by atoms with Crippen LogP contribution in [0, 0.1) is 17.1 Å². The Labute approximate surface area is 193 Å². The number of nitrogens with zero attached hydrogens (tertiary/aromatic N) is 3. The van der Waals surface area contributed by atoms with Crippen LogP contribution in [0.1, 0.15) is 36.8 Å². The quantitative estimate of drug-likeness (QED) is 0.613. The molecular weight excluding hydrogens is 476 g/mol. The Balaban J connectivity index is 1.75. The van der Waals surface area contributed by atoms with Gasteiger partial charge < -0.3 is 0 Å². The molecule has 2 unspecified atom stereocenters. The second kappa shape index (κ2) is 8.47. The van der Waals surface area contributed by atoms with Crippen molar-refractivity contribution in [3.05, 3.63) is 53.3 Å². The van der Waals surface area contributed by atoms with Crippen molar-refractivity contribution >= 4 is 33.1 Å². The van der Waals surface area contributed by atoms with Crippen LogP contribution in [-0.2, 0) is 16.2 Å². The first kappa shape index (κ1) is 23.8. The number of carbonyl (C=O) groups excluding carboxylic acids is 1. The molecule has 1 saturated heterocycles. The minimum absolute atomic E-state index is 0.00607. The zero-order valence-corrected chi connectivity index (χ0v) is 18.8. The van der Waals surface area contributed by atoms with E-state index < -0.39 is 51.3 Å². The van der Waals surface area contributed by atoms with Crippen LogP contribution in [0.2, 0.25) is 0 Å². The Morgan fingerprint density at radius 1 is 1.03 bits per heavy atom. The van der Waals surface area contributed by atoms with E-state index in [0.717, 1.165) is 37.3 Å². The summed E-state index contributed by atoms with van der Waals surface area (Å²) in [5, 5.41) is 9.07. The average Bonchev–Trinajstić information content (AvgIpc) is 3.05. The van der Waals surface area contributed by atoms with Gasteiger partial charge in [0.05, 0.1) is 41.2 Å². The Hall–Kier alpha value is -3.33. The second-order valence-corrected chi connectivity index (χ2v) is 10.1. The SMILES string of the molecule is CS(=O)(=O)Nc1ccc(N2C(=O)N(c3ccc(C#N)c(C(F)(F)F)c3)C3CCCCC32)cc1F. The maximum Gasteiger partial charge on any atom is 0.417 e. The molecule has 1 saturated carbocycles. The average molecular weight is 496 g/mol. The minimum Gasteiger partial charge on any atom is -0.289 e. The Morgan fingerprint density at radius 2 is 1.59 bits per heavy atom. The molecule has 2 aromatic rings. The molecule has 7 nitrogen and oxygen atoms in total. The fourth-order valence-corrected chi connectivity index (χ4v) is 5.21. The number of urea groups is 1. The number of halogens is 4. The molecule has 0 bridgehead atoms. The molecule has 1 heterocycles. The molecule has 1 aliphatic carbocycles. The van der Waals surface area contributed by atoms with Gasteiger partial charge in [-0.05, 0) is 49.2 Å². The molecule has 180 valence electrons.